The summed E-state index contributed by atoms with van der Waals surface area (Å²) in [6, 6.07) is -0.113. The first-order chi connectivity index (χ1) is 5.20. The van der Waals surface area contributed by atoms with Crippen LogP contribution in [0.1, 0.15) is 32.2 Å². The van der Waals surface area contributed by atoms with Crippen LogP contribution >= 0.6 is 0 Å². The van der Waals surface area contributed by atoms with E-state index in [1.54, 1.807) is 0 Å². The van der Waals surface area contributed by atoms with Gasteiger partial charge in [0.15, 0.2) is 0 Å². The molecule has 1 aromatic rings. The van der Waals surface area contributed by atoms with E-state index in [0.29, 0.717) is 11.8 Å². The maximum atomic E-state index is 5.74. The van der Waals surface area contributed by atoms with E-state index in [4.69, 9.17) is 10.2 Å². The third-order valence-electron chi connectivity index (χ3n) is 1.42. The molecule has 0 aromatic carbocycles. The van der Waals surface area contributed by atoms with Crippen molar-refractivity contribution in [3.05, 3.63) is 12.3 Å². The molecule has 0 saturated carbocycles. The van der Waals surface area contributed by atoms with Gasteiger partial charge >= 0.3 is 0 Å². The minimum Gasteiger partial charge on any atom is -0.426 e. The van der Waals surface area contributed by atoms with Crippen LogP contribution in [0.2, 0.25) is 0 Å². The van der Waals surface area contributed by atoms with Crippen LogP contribution in [0.25, 0.3) is 0 Å². The Morgan fingerprint density at radius 3 is 2.82 bits per heavy atom. The first kappa shape index (κ1) is 8.20. The summed E-state index contributed by atoms with van der Waals surface area (Å²) in [7, 11) is 0. The molecule has 0 saturated heterocycles. The number of hydrogen-bond donors (Lipinski definition) is 1. The Labute approximate surface area is 65.8 Å². The van der Waals surface area contributed by atoms with Crippen LogP contribution in [0.4, 0.5) is 0 Å². The molecule has 0 unspecified atom stereocenters. The first-order valence-electron chi connectivity index (χ1n) is 3.71. The van der Waals surface area contributed by atoms with E-state index in [1.807, 2.05) is 0 Å². The highest BCUT2D eigenvalue weighted by atomic mass is 16.4. The molecule has 2 N–H and O–H groups in total. The van der Waals surface area contributed by atoms with Crippen LogP contribution in [-0.2, 0) is 0 Å². The zero-order valence-electron chi connectivity index (χ0n) is 6.82. The maximum absolute atomic E-state index is 5.74. The summed E-state index contributed by atoms with van der Waals surface area (Å²) in [5.74, 6) is 1.08. The fourth-order valence-corrected chi connectivity index (χ4v) is 0.952. The molecule has 1 atom stereocenters. The summed E-state index contributed by atoms with van der Waals surface area (Å²) in [6.45, 7) is 4.21. The van der Waals surface area contributed by atoms with Gasteiger partial charge in [0, 0.05) is 0 Å². The molecule has 0 amide bonds. The molecule has 4 heteroatoms. The quantitative estimate of drug-likeness (QED) is 0.710. The lowest BCUT2D eigenvalue weighted by Gasteiger charge is -2.08. The van der Waals surface area contributed by atoms with Gasteiger partial charge in [-0.1, -0.05) is 13.8 Å². The fourth-order valence-electron chi connectivity index (χ4n) is 0.952. The van der Waals surface area contributed by atoms with Gasteiger partial charge in [-0.05, 0) is 12.3 Å². The van der Waals surface area contributed by atoms with Crippen molar-refractivity contribution >= 4 is 0 Å². The zero-order chi connectivity index (χ0) is 8.27. The second-order valence-corrected chi connectivity index (χ2v) is 3.01. The van der Waals surface area contributed by atoms with Crippen molar-refractivity contribution in [3.63, 3.8) is 0 Å². The molecule has 0 radical (unpaired) electrons. The van der Waals surface area contributed by atoms with Gasteiger partial charge < -0.3 is 10.2 Å². The molecule has 0 aliphatic carbocycles. The Kier molecular flexibility index (Phi) is 2.59. The molecule has 0 aliphatic heterocycles. The summed E-state index contributed by atoms with van der Waals surface area (Å²) >= 11 is 0. The predicted octanol–water partition coefficient (Wildman–Crippen LogP) is 1.12. The van der Waals surface area contributed by atoms with E-state index in [2.05, 4.69) is 24.0 Å². The van der Waals surface area contributed by atoms with Crippen molar-refractivity contribution in [2.75, 3.05) is 0 Å². The topological polar surface area (TPSA) is 64.9 Å². The summed E-state index contributed by atoms with van der Waals surface area (Å²) in [4.78, 5) is 0. The summed E-state index contributed by atoms with van der Waals surface area (Å²) in [5.41, 5.74) is 5.74. The van der Waals surface area contributed by atoms with Crippen molar-refractivity contribution < 1.29 is 4.42 Å². The summed E-state index contributed by atoms with van der Waals surface area (Å²) < 4.78 is 4.95. The number of nitrogens with two attached hydrogens (primary N) is 1. The molecule has 1 rings (SSSR count). The highest BCUT2D eigenvalue weighted by molar-refractivity contribution is 4.83. The largest absolute Gasteiger partial charge is 0.426 e. The van der Waals surface area contributed by atoms with Crippen molar-refractivity contribution in [1.29, 1.82) is 0 Å². The van der Waals surface area contributed by atoms with Gasteiger partial charge in [-0.2, -0.15) is 0 Å². The van der Waals surface area contributed by atoms with E-state index in [9.17, 15) is 0 Å². The molecular formula is C7H13N3O. The highest BCUT2D eigenvalue weighted by Crippen LogP contribution is 2.15. The lowest BCUT2D eigenvalue weighted by atomic mass is 10.1. The Morgan fingerprint density at radius 1 is 1.64 bits per heavy atom. The number of rotatable bonds is 3. The monoisotopic (exact) mass is 155 g/mol. The predicted molar refractivity (Wildman–Crippen MR) is 40.7 cm³/mol. The molecule has 0 aliphatic rings. The molecule has 0 bridgehead atoms. The van der Waals surface area contributed by atoms with E-state index >= 15 is 0 Å². The molecule has 4 nitrogen and oxygen atoms in total. The van der Waals surface area contributed by atoms with Crippen LogP contribution in [-0.4, -0.2) is 10.2 Å². The molecular weight excluding hydrogens is 142 g/mol. The normalized spacial score (nSPS) is 13.8. The molecule has 0 fully saturated rings. The molecule has 62 valence electrons. The van der Waals surface area contributed by atoms with Crippen molar-refractivity contribution in [1.82, 2.24) is 10.2 Å². The number of nitrogens with zero attached hydrogens (tertiary/aromatic N) is 2. The van der Waals surface area contributed by atoms with Crippen LogP contribution in [0.15, 0.2) is 10.8 Å². The van der Waals surface area contributed by atoms with E-state index < -0.39 is 0 Å². The lowest BCUT2D eigenvalue weighted by Crippen LogP contribution is -2.13. The van der Waals surface area contributed by atoms with Crippen molar-refractivity contribution in [2.45, 2.75) is 26.3 Å². The minimum atomic E-state index is -0.113. The van der Waals surface area contributed by atoms with Gasteiger partial charge in [0.1, 0.15) is 0 Å². The molecule has 0 spiro atoms. The van der Waals surface area contributed by atoms with Crippen molar-refractivity contribution in [3.8, 4) is 0 Å². The lowest BCUT2D eigenvalue weighted by molar-refractivity contribution is 0.402. The SMILES string of the molecule is CC(C)C[C@@H](N)c1nnco1. The van der Waals surface area contributed by atoms with Crippen LogP contribution in [0.3, 0.4) is 0 Å². The average molecular weight is 155 g/mol. The third-order valence-corrected chi connectivity index (χ3v) is 1.42. The molecule has 1 heterocycles. The maximum Gasteiger partial charge on any atom is 0.232 e. The van der Waals surface area contributed by atoms with Gasteiger partial charge in [-0.3, -0.25) is 0 Å². The third kappa shape index (κ3) is 2.31. The van der Waals surface area contributed by atoms with Crippen LogP contribution in [0, 0.1) is 5.92 Å². The van der Waals surface area contributed by atoms with Gasteiger partial charge in [-0.15, -0.1) is 10.2 Å². The Hall–Kier alpha value is -0.900. The van der Waals surface area contributed by atoms with Gasteiger partial charge in [-0.25, -0.2) is 0 Å². The van der Waals surface area contributed by atoms with E-state index in [-0.39, 0.29) is 6.04 Å². The summed E-state index contributed by atoms with van der Waals surface area (Å²) in [6.07, 6.45) is 2.18. The van der Waals surface area contributed by atoms with Gasteiger partial charge in [0.25, 0.3) is 0 Å². The molecule has 11 heavy (non-hydrogen) atoms. The van der Waals surface area contributed by atoms with Gasteiger partial charge in [0.2, 0.25) is 12.3 Å². The molecule has 1 aromatic heterocycles. The Balaban J connectivity index is 2.49. The average Bonchev–Trinajstić information content (AvgIpc) is 2.35. The van der Waals surface area contributed by atoms with E-state index in [0.717, 1.165) is 6.42 Å². The van der Waals surface area contributed by atoms with Crippen LogP contribution < -0.4 is 5.73 Å². The fraction of sp³-hybridized carbons (Fsp3) is 0.714. The standard InChI is InChI=1S/C7H13N3O/c1-5(2)3-6(8)7-10-9-4-11-7/h4-6H,3,8H2,1-2H3/t6-/m1/s1. The first-order valence-corrected chi connectivity index (χ1v) is 3.71. The minimum absolute atomic E-state index is 0.113. The smallest absolute Gasteiger partial charge is 0.232 e. The second kappa shape index (κ2) is 3.48. The second-order valence-electron chi connectivity index (χ2n) is 3.01. The number of aromatic nitrogens is 2. The zero-order valence-corrected chi connectivity index (χ0v) is 6.82. The van der Waals surface area contributed by atoms with E-state index in [1.165, 1.54) is 6.39 Å². The Morgan fingerprint density at radius 2 is 2.36 bits per heavy atom. The van der Waals surface area contributed by atoms with Crippen molar-refractivity contribution in [2.24, 2.45) is 11.7 Å². The van der Waals surface area contributed by atoms with Crippen LogP contribution in [0.5, 0.6) is 0 Å². The number of hydrogen-bond acceptors (Lipinski definition) is 4. The Bertz CT molecular complexity index is 195. The highest BCUT2D eigenvalue weighted by Gasteiger charge is 2.12. The van der Waals surface area contributed by atoms with Gasteiger partial charge in [0.05, 0.1) is 6.04 Å². The summed E-state index contributed by atoms with van der Waals surface area (Å²) in [5, 5.41) is 7.28.